The fourth-order valence-electron chi connectivity index (χ4n) is 3.49. The van der Waals surface area contributed by atoms with Gasteiger partial charge in [0, 0.05) is 29.7 Å². The lowest BCUT2D eigenvalue weighted by molar-refractivity contribution is -0.142. The summed E-state index contributed by atoms with van der Waals surface area (Å²) in [5.41, 5.74) is 3.11. The summed E-state index contributed by atoms with van der Waals surface area (Å²) in [4.78, 5) is 12.0. The van der Waals surface area contributed by atoms with Crippen LogP contribution in [-0.2, 0) is 22.5 Å². The van der Waals surface area contributed by atoms with E-state index in [2.05, 4.69) is 4.57 Å². The summed E-state index contributed by atoms with van der Waals surface area (Å²) in [5.74, 6) is 0.550. The Morgan fingerprint density at radius 1 is 0.967 bits per heavy atom. The second-order valence-electron chi connectivity index (χ2n) is 6.98. The van der Waals surface area contributed by atoms with Crippen molar-refractivity contribution in [2.75, 3.05) is 6.61 Å². The summed E-state index contributed by atoms with van der Waals surface area (Å²) in [6.45, 7) is 2.84. The van der Waals surface area contributed by atoms with Crippen molar-refractivity contribution in [3.05, 3.63) is 95.9 Å². The van der Waals surface area contributed by atoms with Crippen molar-refractivity contribution in [2.45, 2.75) is 19.9 Å². The van der Waals surface area contributed by atoms with Crippen LogP contribution in [0.3, 0.4) is 0 Å². The second kappa shape index (κ2) is 8.82. The Morgan fingerprint density at radius 2 is 1.77 bits per heavy atom. The van der Waals surface area contributed by atoms with Gasteiger partial charge in [0.1, 0.15) is 17.3 Å². The van der Waals surface area contributed by atoms with Gasteiger partial charge in [-0.2, -0.15) is 0 Å². The topological polar surface area (TPSA) is 40.5 Å². The van der Waals surface area contributed by atoms with Crippen LogP contribution in [0.2, 0.25) is 0 Å². The number of carbonyl (C=O) groups excluding carboxylic acids is 1. The average Bonchev–Trinajstić information content (AvgIpc) is 3.07. The number of halogens is 1. The smallest absolute Gasteiger partial charge is 0.310 e. The Morgan fingerprint density at radius 3 is 2.53 bits per heavy atom. The van der Waals surface area contributed by atoms with Gasteiger partial charge in [-0.3, -0.25) is 4.79 Å². The van der Waals surface area contributed by atoms with E-state index in [1.807, 2.05) is 61.7 Å². The SMILES string of the molecule is CCOC(=O)Cc1cn(Cc2ccc(Oc3cccc(F)c3)cc2)c2ccccc12. The molecule has 0 atom stereocenters. The normalized spacial score (nSPS) is 10.9. The van der Waals surface area contributed by atoms with Gasteiger partial charge in [-0.15, -0.1) is 0 Å². The van der Waals surface area contributed by atoms with Crippen LogP contribution < -0.4 is 4.74 Å². The highest BCUT2D eigenvalue weighted by atomic mass is 19.1. The highest BCUT2D eigenvalue weighted by Crippen LogP contribution is 2.25. The number of hydrogen-bond acceptors (Lipinski definition) is 3. The van der Waals surface area contributed by atoms with Crippen LogP contribution in [0, 0.1) is 5.82 Å². The molecular formula is C25H22FNO3. The number of carbonyl (C=O) groups is 1. The zero-order valence-corrected chi connectivity index (χ0v) is 16.7. The lowest BCUT2D eigenvalue weighted by atomic mass is 10.1. The van der Waals surface area contributed by atoms with Crippen molar-refractivity contribution >= 4 is 16.9 Å². The standard InChI is InChI=1S/C25H22FNO3/c1-2-29-25(28)14-19-17-27(24-9-4-3-8-23(19)24)16-18-10-12-21(13-11-18)30-22-7-5-6-20(26)15-22/h3-13,15,17H,2,14,16H2,1H3. The number of fused-ring (bicyclic) bond motifs is 1. The molecule has 0 aliphatic rings. The number of esters is 1. The van der Waals surface area contributed by atoms with Gasteiger partial charge in [-0.05, 0) is 48.4 Å². The Bertz CT molecular complexity index is 1160. The van der Waals surface area contributed by atoms with E-state index in [0.717, 1.165) is 22.0 Å². The molecule has 0 amide bonds. The van der Waals surface area contributed by atoms with Crippen molar-refractivity contribution in [3.8, 4) is 11.5 Å². The van der Waals surface area contributed by atoms with Crippen molar-refractivity contribution < 1.29 is 18.7 Å². The fraction of sp³-hybridized carbons (Fsp3) is 0.160. The number of ether oxygens (including phenoxy) is 2. The van der Waals surface area contributed by atoms with Crippen molar-refractivity contribution in [1.29, 1.82) is 0 Å². The molecule has 4 aromatic rings. The van der Waals surface area contributed by atoms with E-state index < -0.39 is 0 Å². The highest BCUT2D eigenvalue weighted by molar-refractivity contribution is 5.88. The first-order valence-electron chi connectivity index (χ1n) is 9.87. The molecule has 0 saturated carbocycles. The van der Waals surface area contributed by atoms with Gasteiger partial charge in [0.15, 0.2) is 0 Å². The minimum absolute atomic E-state index is 0.223. The van der Waals surface area contributed by atoms with Gasteiger partial charge < -0.3 is 14.0 Å². The summed E-state index contributed by atoms with van der Waals surface area (Å²) in [5, 5.41) is 1.05. The van der Waals surface area contributed by atoms with E-state index in [1.165, 1.54) is 12.1 Å². The predicted octanol–water partition coefficient (Wildman–Crippen LogP) is 5.73. The molecule has 30 heavy (non-hydrogen) atoms. The van der Waals surface area contributed by atoms with Crippen LogP contribution in [0.15, 0.2) is 79.0 Å². The molecule has 0 fully saturated rings. The molecule has 0 spiro atoms. The maximum absolute atomic E-state index is 13.3. The summed E-state index contributed by atoms with van der Waals surface area (Å²) >= 11 is 0. The lowest BCUT2D eigenvalue weighted by Crippen LogP contribution is -2.07. The van der Waals surface area contributed by atoms with Crippen LogP contribution in [0.4, 0.5) is 4.39 Å². The predicted molar refractivity (Wildman–Crippen MR) is 114 cm³/mol. The molecule has 0 bridgehead atoms. The van der Waals surface area contributed by atoms with E-state index in [4.69, 9.17) is 9.47 Å². The minimum Gasteiger partial charge on any atom is -0.466 e. The van der Waals surface area contributed by atoms with Crippen LogP contribution in [0.25, 0.3) is 10.9 Å². The molecule has 0 radical (unpaired) electrons. The number of aromatic nitrogens is 1. The lowest BCUT2D eigenvalue weighted by Gasteiger charge is -2.08. The molecule has 152 valence electrons. The maximum atomic E-state index is 13.3. The highest BCUT2D eigenvalue weighted by Gasteiger charge is 2.12. The van der Waals surface area contributed by atoms with Crippen molar-refractivity contribution in [1.82, 2.24) is 4.57 Å². The Kier molecular flexibility index (Phi) is 5.80. The molecule has 1 aromatic heterocycles. The van der Waals surface area contributed by atoms with Gasteiger partial charge in [0.05, 0.1) is 13.0 Å². The molecule has 3 aromatic carbocycles. The average molecular weight is 403 g/mol. The van der Waals surface area contributed by atoms with Crippen molar-refractivity contribution in [3.63, 3.8) is 0 Å². The first kappa shape index (κ1) is 19.7. The van der Waals surface area contributed by atoms with Gasteiger partial charge in [0.2, 0.25) is 0 Å². The molecule has 0 unspecified atom stereocenters. The first-order valence-corrected chi connectivity index (χ1v) is 9.87. The summed E-state index contributed by atoms with van der Waals surface area (Å²) < 4.78 is 26.3. The number of nitrogens with zero attached hydrogens (tertiary/aromatic N) is 1. The van der Waals surface area contributed by atoms with E-state index in [-0.39, 0.29) is 18.2 Å². The number of benzene rings is 3. The molecule has 4 nitrogen and oxygen atoms in total. The molecule has 0 aliphatic heterocycles. The first-order chi connectivity index (χ1) is 14.6. The van der Waals surface area contributed by atoms with E-state index >= 15 is 0 Å². The Balaban J connectivity index is 1.53. The van der Waals surface area contributed by atoms with Crippen LogP contribution in [0.1, 0.15) is 18.1 Å². The Labute approximate surface area is 174 Å². The minimum atomic E-state index is -0.331. The molecule has 4 rings (SSSR count). The van der Waals surface area contributed by atoms with Crippen molar-refractivity contribution in [2.24, 2.45) is 0 Å². The zero-order chi connectivity index (χ0) is 20.9. The summed E-state index contributed by atoms with van der Waals surface area (Å²) in [6, 6.07) is 21.8. The molecule has 0 N–H and O–H groups in total. The number of hydrogen-bond donors (Lipinski definition) is 0. The van der Waals surface area contributed by atoms with E-state index in [9.17, 15) is 9.18 Å². The third-order valence-electron chi connectivity index (χ3n) is 4.82. The Hall–Kier alpha value is -3.60. The maximum Gasteiger partial charge on any atom is 0.310 e. The second-order valence-corrected chi connectivity index (χ2v) is 6.98. The third kappa shape index (κ3) is 4.51. The van der Waals surface area contributed by atoms with Gasteiger partial charge in [0.25, 0.3) is 0 Å². The summed E-state index contributed by atoms with van der Waals surface area (Å²) in [7, 11) is 0. The van der Waals surface area contributed by atoms with E-state index in [0.29, 0.717) is 24.7 Å². The van der Waals surface area contributed by atoms with Crippen LogP contribution >= 0.6 is 0 Å². The molecular weight excluding hydrogens is 381 g/mol. The molecule has 0 saturated heterocycles. The number of rotatable bonds is 7. The zero-order valence-electron chi connectivity index (χ0n) is 16.7. The molecule has 0 aliphatic carbocycles. The third-order valence-corrected chi connectivity index (χ3v) is 4.82. The summed E-state index contributed by atoms with van der Waals surface area (Å²) in [6.07, 6.45) is 2.26. The van der Waals surface area contributed by atoms with Gasteiger partial charge in [-0.25, -0.2) is 4.39 Å². The quantitative estimate of drug-likeness (QED) is 0.370. The van der Waals surface area contributed by atoms with Gasteiger partial charge >= 0.3 is 5.97 Å². The fourth-order valence-corrected chi connectivity index (χ4v) is 3.49. The monoisotopic (exact) mass is 403 g/mol. The largest absolute Gasteiger partial charge is 0.466 e. The number of para-hydroxylation sites is 1. The molecule has 1 heterocycles. The molecule has 5 heteroatoms. The van der Waals surface area contributed by atoms with Crippen LogP contribution in [0.5, 0.6) is 11.5 Å². The van der Waals surface area contributed by atoms with Crippen LogP contribution in [-0.4, -0.2) is 17.1 Å². The van der Waals surface area contributed by atoms with Gasteiger partial charge in [-0.1, -0.05) is 36.4 Å². The van der Waals surface area contributed by atoms with E-state index in [1.54, 1.807) is 12.1 Å².